The number of thiophene rings is 1. The standard InChI is InChI=1S/C19H16N2O3S/c1-24-19(23)16-11-15(10-13-6-3-2-4-7-13)25-18(16)21-17(22)14-8-5-9-20-12-14/h2-9,11-12H,10H2,1H3,(H,21,22). The Bertz CT molecular complexity index is 876. The van der Waals surface area contributed by atoms with E-state index in [2.05, 4.69) is 10.3 Å². The van der Waals surface area contributed by atoms with Crippen molar-refractivity contribution in [3.05, 3.63) is 82.5 Å². The molecule has 0 aliphatic carbocycles. The summed E-state index contributed by atoms with van der Waals surface area (Å²) < 4.78 is 4.83. The molecule has 0 saturated heterocycles. The molecule has 5 nitrogen and oxygen atoms in total. The maximum absolute atomic E-state index is 12.3. The van der Waals surface area contributed by atoms with Gasteiger partial charge < -0.3 is 10.1 Å². The fraction of sp³-hybridized carbons (Fsp3) is 0.105. The predicted octanol–water partition coefficient (Wildman–Crippen LogP) is 3.77. The van der Waals surface area contributed by atoms with E-state index < -0.39 is 5.97 Å². The van der Waals surface area contributed by atoms with E-state index in [4.69, 9.17) is 4.74 Å². The van der Waals surface area contributed by atoms with Crippen LogP contribution >= 0.6 is 11.3 Å². The maximum Gasteiger partial charge on any atom is 0.340 e. The van der Waals surface area contributed by atoms with Crippen molar-refractivity contribution in [2.24, 2.45) is 0 Å². The van der Waals surface area contributed by atoms with Gasteiger partial charge in [0.05, 0.1) is 18.2 Å². The van der Waals surface area contributed by atoms with Gasteiger partial charge in [-0.25, -0.2) is 4.79 Å². The van der Waals surface area contributed by atoms with Crippen LogP contribution in [0.1, 0.15) is 31.2 Å². The highest BCUT2D eigenvalue weighted by Gasteiger charge is 2.19. The molecular formula is C19H16N2O3S. The van der Waals surface area contributed by atoms with Gasteiger partial charge in [-0.2, -0.15) is 0 Å². The van der Waals surface area contributed by atoms with Crippen LogP contribution < -0.4 is 5.32 Å². The average Bonchev–Trinajstić information content (AvgIpc) is 3.04. The molecule has 3 aromatic rings. The van der Waals surface area contributed by atoms with Gasteiger partial charge in [0.25, 0.3) is 5.91 Å². The first-order chi connectivity index (χ1) is 12.2. The minimum atomic E-state index is -0.475. The molecule has 0 radical (unpaired) electrons. The normalized spacial score (nSPS) is 10.3. The fourth-order valence-corrected chi connectivity index (χ4v) is 3.43. The summed E-state index contributed by atoms with van der Waals surface area (Å²) in [5.74, 6) is -0.789. The Morgan fingerprint density at radius 1 is 1.16 bits per heavy atom. The second kappa shape index (κ2) is 7.72. The summed E-state index contributed by atoms with van der Waals surface area (Å²) in [6.45, 7) is 0. The second-order valence-corrected chi connectivity index (χ2v) is 6.44. The lowest BCUT2D eigenvalue weighted by Gasteiger charge is -2.04. The van der Waals surface area contributed by atoms with E-state index >= 15 is 0 Å². The van der Waals surface area contributed by atoms with E-state index in [1.807, 2.05) is 30.3 Å². The van der Waals surface area contributed by atoms with Gasteiger partial charge in [-0.15, -0.1) is 11.3 Å². The first kappa shape index (κ1) is 16.9. The van der Waals surface area contributed by atoms with Crippen LogP contribution in [-0.4, -0.2) is 24.0 Å². The first-order valence-corrected chi connectivity index (χ1v) is 8.45. The number of anilines is 1. The smallest absolute Gasteiger partial charge is 0.340 e. The van der Waals surface area contributed by atoms with Crippen molar-refractivity contribution in [1.82, 2.24) is 4.98 Å². The molecule has 1 N–H and O–H groups in total. The number of esters is 1. The lowest BCUT2D eigenvalue weighted by Crippen LogP contribution is -2.13. The quantitative estimate of drug-likeness (QED) is 0.710. The molecule has 6 heteroatoms. The van der Waals surface area contributed by atoms with Crippen LogP contribution in [0.4, 0.5) is 5.00 Å². The van der Waals surface area contributed by atoms with Crippen LogP contribution in [0.15, 0.2) is 60.9 Å². The molecular weight excluding hydrogens is 336 g/mol. The van der Waals surface area contributed by atoms with E-state index in [0.29, 0.717) is 22.5 Å². The minimum absolute atomic E-state index is 0.314. The van der Waals surface area contributed by atoms with Crippen molar-refractivity contribution in [2.75, 3.05) is 12.4 Å². The zero-order chi connectivity index (χ0) is 17.6. The molecule has 1 amide bonds. The Labute approximate surface area is 149 Å². The zero-order valence-corrected chi connectivity index (χ0v) is 14.4. The highest BCUT2D eigenvalue weighted by atomic mass is 32.1. The number of methoxy groups -OCH3 is 1. The van der Waals surface area contributed by atoms with Crippen LogP contribution in [0, 0.1) is 0 Å². The molecule has 3 rings (SSSR count). The van der Waals surface area contributed by atoms with Gasteiger partial charge in [-0.3, -0.25) is 9.78 Å². The number of hydrogen-bond donors (Lipinski definition) is 1. The number of nitrogens with one attached hydrogen (secondary N) is 1. The number of rotatable bonds is 5. The van der Waals surface area contributed by atoms with Crippen LogP contribution in [0.25, 0.3) is 0 Å². The highest BCUT2D eigenvalue weighted by Crippen LogP contribution is 2.31. The Kier molecular flexibility index (Phi) is 5.20. The first-order valence-electron chi connectivity index (χ1n) is 7.63. The van der Waals surface area contributed by atoms with Crippen molar-refractivity contribution in [2.45, 2.75) is 6.42 Å². The van der Waals surface area contributed by atoms with Gasteiger partial charge in [0.15, 0.2) is 0 Å². The van der Waals surface area contributed by atoms with Crippen molar-refractivity contribution in [3.63, 3.8) is 0 Å². The molecule has 0 atom stereocenters. The number of amides is 1. The summed E-state index contributed by atoms with van der Waals surface area (Å²) >= 11 is 1.37. The summed E-state index contributed by atoms with van der Waals surface area (Å²) in [6, 6.07) is 15.0. The van der Waals surface area contributed by atoms with Crippen LogP contribution in [0.3, 0.4) is 0 Å². The SMILES string of the molecule is COC(=O)c1cc(Cc2ccccc2)sc1NC(=O)c1cccnc1. The largest absolute Gasteiger partial charge is 0.465 e. The van der Waals surface area contributed by atoms with Gasteiger partial charge >= 0.3 is 5.97 Å². The van der Waals surface area contributed by atoms with E-state index in [-0.39, 0.29) is 5.91 Å². The number of hydrogen-bond acceptors (Lipinski definition) is 5. The summed E-state index contributed by atoms with van der Waals surface area (Å²) in [6.07, 6.45) is 3.75. The summed E-state index contributed by atoms with van der Waals surface area (Å²) in [5.41, 5.74) is 1.91. The molecule has 0 bridgehead atoms. The van der Waals surface area contributed by atoms with Gasteiger partial charge in [-0.1, -0.05) is 30.3 Å². The molecule has 1 aromatic carbocycles. The van der Waals surface area contributed by atoms with Crippen LogP contribution in [-0.2, 0) is 11.2 Å². The topological polar surface area (TPSA) is 68.3 Å². The van der Waals surface area contributed by atoms with E-state index in [9.17, 15) is 9.59 Å². The van der Waals surface area contributed by atoms with Crippen molar-refractivity contribution >= 4 is 28.2 Å². The molecule has 0 aliphatic heterocycles. The minimum Gasteiger partial charge on any atom is -0.465 e. The number of benzene rings is 1. The average molecular weight is 352 g/mol. The molecule has 0 unspecified atom stereocenters. The summed E-state index contributed by atoms with van der Waals surface area (Å²) in [5, 5.41) is 3.27. The molecule has 0 saturated carbocycles. The van der Waals surface area contributed by atoms with E-state index in [1.54, 1.807) is 24.4 Å². The summed E-state index contributed by atoms with van der Waals surface area (Å²) in [7, 11) is 1.32. The Hall–Kier alpha value is -2.99. The molecule has 2 heterocycles. The Morgan fingerprint density at radius 2 is 1.96 bits per heavy atom. The van der Waals surface area contributed by atoms with Gasteiger partial charge in [-0.05, 0) is 23.8 Å². The number of ether oxygens (including phenoxy) is 1. The van der Waals surface area contributed by atoms with Gasteiger partial charge in [0.2, 0.25) is 0 Å². The highest BCUT2D eigenvalue weighted by molar-refractivity contribution is 7.16. The fourth-order valence-electron chi connectivity index (χ4n) is 2.35. The van der Waals surface area contributed by atoms with Crippen molar-refractivity contribution in [3.8, 4) is 0 Å². The van der Waals surface area contributed by atoms with E-state index in [1.165, 1.54) is 24.6 Å². The second-order valence-electron chi connectivity index (χ2n) is 5.31. The third kappa shape index (κ3) is 4.10. The molecule has 0 spiro atoms. The zero-order valence-electron chi connectivity index (χ0n) is 13.6. The molecule has 0 fully saturated rings. The number of nitrogens with zero attached hydrogens (tertiary/aromatic N) is 1. The van der Waals surface area contributed by atoms with E-state index in [0.717, 1.165) is 10.4 Å². The lowest BCUT2D eigenvalue weighted by molar-refractivity contribution is 0.0602. The van der Waals surface area contributed by atoms with Gasteiger partial charge in [0, 0.05) is 23.7 Å². The number of aromatic nitrogens is 1. The van der Waals surface area contributed by atoms with Crippen LogP contribution in [0.2, 0.25) is 0 Å². The molecule has 2 aromatic heterocycles. The lowest BCUT2D eigenvalue weighted by atomic mass is 10.1. The predicted molar refractivity (Wildman–Crippen MR) is 97.1 cm³/mol. The Morgan fingerprint density at radius 3 is 2.64 bits per heavy atom. The summed E-state index contributed by atoms with van der Waals surface area (Å²) in [4.78, 5) is 29.3. The number of carbonyl (C=O) groups is 2. The molecule has 0 aliphatic rings. The van der Waals surface area contributed by atoms with Gasteiger partial charge in [0.1, 0.15) is 5.00 Å². The monoisotopic (exact) mass is 352 g/mol. The number of pyridine rings is 1. The van der Waals surface area contributed by atoms with Crippen LogP contribution in [0.5, 0.6) is 0 Å². The Balaban J connectivity index is 1.86. The number of carbonyl (C=O) groups excluding carboxylic acids is 2. The third-order valence-electron chi connectivity index (χ3n) is 3.56. The third-order valence-corrected chi connectivity index (χ3v) is 4.61. The van der Waals surface area contributed by atoms with Crippen molar-refractivity contribution in [1.29, 1.82) is 0 Å². The molecule has 126 valence electrons. The maximum atomic E-state index is 12.3. The molecule has 25 heavy (non-hydrogen) atoms. The van der Waals surface area contributed by atoms with Crippen molar-refractivity contribution < 1.29 is 14.3 Å².